The van der Waals surface area contributed by atoms with Gasteiger partial charge in [0.2, 0.25) is 0 Å². The third-order valence-corrected chi connectivity index (χ3v) is 2.43. The molecule has 1 saturated carbocycles. The molecule has 2 N–H and O–H groups in total. The third-order valence-electron chi connectivity index (χ3n) is 2.43. The summed E-state index contributed by atoms with van der Waals surface area (Å²) in [5.41, 5.74) is -0.300. The summed E-state index contributed by atoms with van der Waals surface area (Å²) in [4.78, 5) is 24.1. The Balaban J connectivity index is 2.20. The Morgan fingerprint density at radius 2 is 2.36 bits per heavy atom. The van der Waals surface area contributed by atoms with Crippen LogP contribution in [0.5, 0.6) is 0 Å². The number of aromatic amines is 1. The van der Waals surface area contributed by atoms with E-state index in [2.05, 4.69) is 10.1 Å². The Morgan fingerprint density at radius 3 is 2.86 bits per heavy atom. The maximum absolute atomic E-state index is 11.3. The first-order valence-electron chi connectivity index (χ1n) is 4.56. The fraction of sp³-hybridized carbons (Fsp3) is 0.625. The first-order valence-corrected chi connectivity index (χ1v) is 4.56. The zero-order valence-electron chi connectivity index (χ0n) is 7.56. The van der Waals surface area contributed by atoms with Gasteiger partial charge < -0.3 is 5.11 Å². The van der Waals surface area contributed by atoms with E-state index in [1.807, 2.05) is 0 Å². The molecule has 1 aliphatic rings. The number of H-pyrrole nitrogens is 1. The molecule has 0 aliphatic heterocycles. The van der Waals surface area contributed by atoms with E-state index in [1.54, 1.807) is 0 Å². The van der Waals surface area contributed by atoms with Crippen LogP contribution in [0.1, 0.15) is 31.1 Å². The summed E-state index contributed by atoms with van der Waals surface area (Å²) in [5, 5.41) is 12.4. The van der Waals surface area contributed by atoms with Crippen LogP contribution in [0.25, 0.3) is 0 Å². The molecule has 1 heterocycles. The molecule has 6 heteroatoms. The van der Waals surface area contributed by atoms with Gasteiger partial charge >= 0.3 is 11.7 Å². The van der Waals surface area contributed by atoms with Crippen molar-refractivity contribution in [1.82, 2.24) is 14.8 Å². The number of aromatic nitrogens is 3. The maximum atomic E-state index is 11.3. The number of rotatable bonds is 3. The molecule has 1 fully saturated rings. The van der Waals surface area contributed by atoms with Crippen molar-refractivity contribution in [3.8, 4) is 0 Å². The topological polar surface area (TPSA) is 88.0 Å². The highest BCUT2D eigenvalue weighted by Gasteiger charge is 2.23. The molecule has 0 amide bonds. The first-order chi connectivity index (χ1) is 6.66. The summed E-state index contributed by atoms with van der Waals surface area (Å²) < 4.78 is 1.36. The van der Waals surface area contributed by atoms with Crippen LogP contribution < -0.4 is 5.69 Å². The molecule has 6 nitrogen and oxygen atoms in total. The van der Waals surface area contributed by atoms with E-state index in [4.69, 9.17) is 5.11 Å². The fourth-order valence-corrected chi connectivity index (χ4v) is 1.48. The van der Waals surface area contributed by atoms with Crippen LogP contribution >= 0.6 is 0 Å². The van der Waals surface area contributed by atoms with Gasteiger partial charge in [-0.05, 0) is 19.3 Å². The van der Waals surface area contributed by atoms with E-state index in [9.17, 15) is 9.59 Å². The molecule has 2 rings (SSSR count). The van der Waals surface area contributed by atoms with Crippen molar-refractivity contribution in [1.29, 1.82) is 0 Å². The number of carboxylic acid groups (broad SMARTS) is 1. The normalized spacial score (nSPS) is 16.6. The average Bonchev–Trinajstić information content (AvgIpc) is 2.27. The van der Waals surface area contributed by atoms with Crippen LogP contribution in [0.3, 0.4) is 0 Å². The second kappa shape index (κ2) is 3.28. The number of nitrogens with zero attached hydrogens (tertiary/aromatic N) is 2. The standard InChI is InChI=1S/C8H11N3O3/c12-7(13)4-6-9-8(14)11(10-6)5-2-1-3-5/h5H,1-4H2,(H,12,13)(H,9,10,14). The van der Waals surface area contributed by atoms with Crippen LogP contribution in [0.2, 0.25) is 0 Å². The van der Waals surface area contributed by atoms with Gasteiger partial charge in [-0.25, -0.2) is 9.48 Å². The fourth-order valence-electron chi connectivity index (χ4n) is 1.48. The van der Waals surface area contributed by atoms with Crippen molar-refractivity contribution in [3.63, 3.8) is 0 Å². The Kier molecular flexibility index (Phi) is 2.11. The molecule has 0 bridgehead atoms. The molecule has 14 heavy (non-hydrogen) atoms. The zero-order chi connectivity index (χ0) is 10.1. The molecule has 0 atom stereocenters. The highest BCUT2D eigenvalue weighted by molar-refractivity contribution is 5.68. The number of carboxylic acids is 1. The monoisotopic (exact) mass is 197 g/mol. The van der Waals surface area contributed by atoms with Crippen molar-refractivity contribution in [2.24, 2.45) is 0 Å². The van der Waals surface area contributed by atoms with Crippen molar-refractivity contribution in [2.75, 3.05) is 0 Å². The van der Waals surface area contributed by atoms with E-state index in [0.717, 1.165) is 19.3 Å². The summed E-state index contributed by atoms with van der Waals surface area (Å²) in [5.74, 6) is -0.756. The molecule has 0 radical (unpaired) electrons. The molecule has 1 aromatic rings. The maximum Gasteiger partial charge on any atom is 0.343 e. The summed E-state index contributed by atoms with van der Waals surface area (Å²) in [6.07, 6.45) is 2.79. The minimum atomic E-state index is -0.987. The highest BCUT2D eigenvalue weighted by atomic mass is 16.4. The van der Waals surface area contributed by atoms with Crippen LogP contribution in [0, 0.1) is 0 Å². The second-order valence-electron chi connectivity index (χ2n) is 3.48. The SMILES string of the molecule is O=C(O)Cc1nn(C2CCC2)c(=O)[nH]1. The van der Waals surface area contributed by atoms with Gasteiger partial charge in [0.05, 0.1) is 6.04 Å². The average molecular weight is 197 g/mol. The molecule has 0 aromatic carbocycles. The Bertz CT molecular complexity index is 402. The van der Waals surface area contributed by atoms with Gasteiger partial charge in [-0.15, -0.1) is 0 Å². The molecular weight excluding hydrogens is 186 g/mol. The molecule has 0 unspecified atom stereocenters. The van der Waals surface area contributed by atoms with Crippen LogP contribution in [-0.2, 0) is 11.2 Å². The number of nitrogens with one attached hydrogen (secondary N) is 1. The second-order valence-corrected chi connectivity index (χ2v) is 3.48. The lowest BCUT2D eigenvalue weighted by Crippen LogP contribution is -2.27. The lowest BCUT2D eigenvalue weighted by Gasteiger charge is -2.24. The smallest absolute Gasteiger partial charge is 0.343 e. The van der Waals surface area contributed by atoms with E-state index >= 15 is 0 Å². The summed E-state index contributed by atoms with van der Waals surface area (Å²) in [6, 6.07) is 0.168. The van der Waals surface area contributed by atoms with E-state index < -0.39 is 5.97 Å². The predicted octanol–water partition coefficient (Wildman–Crippen LogP) is -0.0765. The Labute approximate surface area is 79.6 Å². The van der Waals surface area contributed by atoms with Crippen molar-refractivity contribution in [3.05, 3.63) is 16.3 Å². The Morgan fingerprint density at radius 1 is 1.64 bits per heavy atom. The van der Waals surface area contributed by atoms with Gasteiger partial charge in [0.15, 0.2) is 0 Å². The van der Waals surface area contributed by atoms with Crippen molar-refractivity contribution in [2.45, 2.75) is 31.7 Å². The molecule has 0 spiro atoms. The first kappa shape index (κ1) is 8.98. The summed E-state index contributed by atoms with van der Waals surface area (Å²) >= 11 is 0. The lowest BCUT2D eigenvalue weighted by molar-refractivity contribution is -0.136. The van der Waals surface area contributed by atoms with Crippen LogP contribution in [-0.4, -0.2) is 25.8 Å². The van der Waals surface area contributed by atoms with Crippen molar-refractivity contribution < 1.29 is 9.90 Å². The number of aliphatic carboxylic acids is 1. The third kappa shape index (κ3) is 1.55. The minimum absolute atomic E-state index is 0.168. The molecular formula is C8H11N3O3. The molecule has 76 valence electrons. The zero-order valence-corrected chi connectivity index (χ0v) is 7.56. The Hall–Kier alpha value is -1.59. The van der Waals surface area contributed by atoms with Gasteiger partial charge in [-0.3, -0.25) is 9.78 Å². The van der Waals surface area contributed by atoms with Crippen molar-refractivity contribution >= 4 is 5.97 Å². The van der Waals surface area contributed by atoms with E-state index in [-0.39, 0.29) is 24.0 Å². The van der Waals surface area contributed by atoms with E-state index in [1.165, 1.54) is 4.68 Å². The number of hydrogen-bond donors (Lipinski definition) is 2. The molecule has 1 aliphatic carbocycles. The largest absolute Gasteiger partial charge is 0.481 e. The molecule has 1 aromatic heterocycles. The minimum Gasteiger partial charge on any atom is -0.481 e. The van der Waals surface area contributed by atoms with Crippen LogP contribution in [0.4, 0.5) is 0 Å². The highest BCUT2D eigenvalue weighted by Crippen LogP contribution is 2.29. The number of carbonyl (C=O) groups is 1. The lowest BCUT2D eigenvalue weighted by atomic mass is 9.93. The summed E-state index contributed by atoms with van der Waals surface area (Å²) in [7, 11) is 0. The summed E-state index contributed by atoms with van der Waals surface area (Å²) in [6.45, 7) is 0. The van der Waals surface area contributed by atoms with E-state index in [0.29, 0.717) is 0 Å². The number of hydrogen-bond acceptors (Lipinski definition) is 3. The van der Waals surface area contributed by atoms with Gasteiger partial charge in [-0.1, -0.05) is 0 Å². The predicted molar refractivity (Wildman–Crippen MR) is 47.1 cm³/mol. The van der Waals surface area contributed by atoms with Gasteiger partial charge in [0.1, 0.15) is 12.2 Å². The van der Waals surface area contributed by atoms with Crippen LogP contribution in [0.15, 0.2) is 4.79 Å². The molecule has 0 saturated heterocycles. The van der Waals surface area contributed by atoms with Gasteiger partial charge in [0.25, 0.3) is 0 Å². The quantitative estimate of drug-likeness (QED) is 0.709. The van der Waals surface area contributed by atoms with Gasteiger partial charge in [-0.2, -0.15) is 5.10 Å². The van der Waals surface area contributed by atoms with Gasteiger partial charge in [0, 0.05) is 0 Å².